The van der Waals surface area contributed by atoms with Gasteiger partial charge in [0.15, 0.2) is 16.6 Å². The van der Waals surface area contributed by atoms with Crippen LogP contribution in [0.3, 0.4) is 0 Å². The highest BCUT2D eigenvalue weighted by Crippen LogP contribution is 2.27. The summed E-state index contributed by atoms with van der Waals surface area (Å²) in [5.41, 5.74) is 1.43. The normalized spacial score (nSPS) is 9.89. The van der Waals surface area contributed by atoms with Crippen molar-refractivity contribution < 1.29 is 23.8 Å². The number of thiocarbonyl (C=S) groups is 1. The van der Waals surface area contributed by atoms with Crippen LogP contribution in [-0.4, -0.2) is 37.8 Å². The number of esters is 1. The summed E-state index contributed by atoms with van der Waals surface area (Å²) in [4.78, 5) is 24.0. The minimum atomic E-state index is -0.395. The van der Waals surface area contributed by atoms with E-state index in [0.717, 1.165) is 0 Å². The Morgan fingerprint density at radius 2 is 1.59 bits per heavy atom. The maximum Gasteiger partial charge on any atom is 0.338 e. The fraction of sp³-hybridized carbons (Fsp3) is 0.211. The van der Waals surface area contributed by atoms with Crippen molar-refractivity contribution in [3.05, 3.63) is 53.6 Å². The second-order valence-corrected chi connectivity index (χ2v) is 5.68. The third-order valence-electron chi connectivity index (χ3n) is 3.53. The number of hydrogen-bond acceptors (Lipinski definition) is 6. The molecular formula is C19H20N2O5S. The van der Waals surface area contributed by atoms with Crippen molar-refractivity contribution in [1.82, 2.24) is 5.32 Å². The third kappa shape index (κ3) is 5.42. The topological polar surface area (TPSA) is 85.9 Å². The highest BCUT2D eigenvalue weighted by atomic mass is 32.1. The number of carbonyl (C=O) groups excluding carboxylic acids is 2. The molecule has 0 bridgehead atoms. The molecule has 0 radical (unpaired) electrons. The van der Waals surface area contributed by atoms with Gasteiger partial charge in [0, 0.05) is 11.3 Å². The van der Waals surface area contributed by atoms with Crippen molar-refractivity contribution in [3.8, 4) is 11.5 Å². The summed E-state index contributed by atoms with van der Waals surface area (Å²) < 4.78 is 15.3. The van der Waals surface area contributed by atoms with E-state index in [0.29, 0.717) is 34.9 Å². The van der Waals surface area contributed by atoms with Crippen molar-refractivity contribution in [2.24, 2.45) is 0 Å². The molecule has 2 rings (SSSR count). The Bertz CT molecular complexity index is 836. The number of hydrogen-bond donors (Lipinski definition) is 2. The van der Waals surface area contributed by atoms with Crippen LogP contribution in [0, 0.1) is 0 Å². The molecule has 0 aliphatic carbocycles. The van der Waals surface area contributed by atoms with Gasteiger partial charge in [-0.25, -0.2) is 4.79 Å². The van der Waals surface area contributed by atoms with Gasteiger partial charge in [0.25, 0.3) is 5.91 Å². The van der Waals surface area contributed by atoms with Gasteiger partial charge in [-0.05, 0) is 61.6 Å². The SMILES string of the molecule is CCOC(=O)c1ccc(NC(=S)NC(=O)c2ccc(OC)c(OC)c2)cc1. The summed E-state index contributed by atoms with van der Waals surface area (Å²) in [6.07, 6.45) is 0. The van der Waals surface area contributed by atoms with Crippen LogP contribution < -0.4 is 20.1 Å². The van der Waals surface area contributed by atoms with E-state index >= 15 is 0 Å². The van der Waals surface area contributed by atoms with Gasteiger partial charge in [-0.15, -0.1) is 0 Å². The van der Waals surface area contributed by atoms with Crippen LogP contribution in [0.1, 0.15) is 27.6 Å². The number of anilines is 1. The molecule has 0 aromatic heterocycles. The minimum Gasteiger partial charge on any atom is -0.493 e. The number of methoxy groups -OCH3 is 2. The van der Waals surface area contributed by atoms with E-state index in [1.165, 1.54) is 14.2 Å². The van der Waals surface area contributed by atoms with Crippen molar-refractivity contribution in [2.45, 2.75) is 6.92 Å². The smallest absolute Gasteiger partial charge is 0.338 e. The average molecular weight is 388 g/mol. The number of nitrogens with one attached hydrogen (secondary N) is 2. The van der Waals surface area contributed by atoms with Crippen molar-refractivity contribution >= 4 is 34.9 Å². The monoisotopic (exact) mass is 388 g/mol. The molecule has 2 aromatic rings. The van der Waals surface area contributed by atoms with Gasteiger partial charge in [-0.1, -0.05) is 0 Å². The quantitative estimate of drug-likeness (QED) is 0.581. The molecule has 0 fully saturated rings. The van der Waals surface area contributed by atoms with E-state index in [1.807, 2.05) is 0 Å². The van der Waals surface area contributed by atoms with Crippen LogP contribution in [0.4, 0.5) is 5.69 Å². The molecule has 0 saturated carbocycles. The molecule has 0 atom stereocenters. The van der Waals surface area contributed by atoms with Gasteiger partial charge >= 0.3 is 5.97 Å². The largest absolute Gasteiger partial charge is 0.493 e. The van der Waals surface area contributed by atoms with E-state index in [1.54, 1.807) is 49.4 Å². The molecule has 0 spiro atoms. The Morgan fingerprint density at radius 3 is 2.19 bits per heavy atom. The zero-order valence-electron chi connectivity index (χ0n) is 15.2. The first-order valence-corrected chi connectivity index (χ1v) is 8.50. The lowest BCUT2D eigenvalue weighted by Gasteiger charge is -2.12. The number of ether oxygens (including phenoxy) is 3. The van der Waals surface area contributed by atoms with Gasteiger partial charge < -0.3 is 19.5 Å². The fourth-order valence-electron chi connectivity index (χ4n) is 2.22. The lowest BCUT2D eigenvalue weighted by atomic mass is 10.2. The Balaban J connectivity index is 1.99. The number of benzene rings is 2. The van der Waals surface area contributed by atoms with E-state index in [2.05, 4.69) is 10.6 Å². The average Bonchev–Trinajstić information content (AvgIpc) is 2.67. The minimum absolute atomic E-state index is 0.124. The Hall–Kier alpha value is -3.13. The van der Waals surface area contributed by atoms with Gasteiger partial charge in [0.1, 0.15) is 0 Å². The Kier molecular flexibility index (Phi) is 7.13. The van der Waals surface area contributed by atoms with Crippen LogP contribution in [0.15, 0.2) is 42.5 Å². The van der Waals surface area contributed by atoms with Gasteiger partial charge in [-0.3, -0.25) is 10.1 Å². The van der Waals surface area contributed by atoms with Crippen LogP contribution >= 0.6 is 12.2 Å². The second kappa shape index (κ2) is 9.54. The zero-order valence-corrected chi connectivity index (χ0v) is 16.0. The van der Waals surface area contributed by atoms with Crippen molar-refractivity contribution in [1.29, 1.82) is 0 Å². The molecule has 0 aliphatic rings. The zero-order chi connectivity index (χ0) is 19.8. The molecule has 1 amide bonds. The van der Waals surface area contributed by atoms with E-state index in [-0.39, 0.29) is 5.11 Å². The third-order valence-corrected chi connectivity index (χ3v) is 3.73. The van der Waals surface area contributed by atoms with Gasteiger partial charge in [0.2, 0.25) is 0 Å². The van der Waals surface area contributed by atoms with Crippen LogP contribution in [-0.2, 0) is 4.74 Å². The lowest BCUT2D eigenvalue weighted by molar-refractivity contribution is 0.0526. The summed E-state index contributed by atoms with van der Waals surface area (Å²) in [6.45, 7) is 2.05. The standard InChI is InChI=1S/C19H20N2O5S/c1-4-26-18(23)12-5-8-14(9-6-12)20-19(27)21-17(22)13-7-10-15(24-2)16(11-13)25-3/h5-11H,4H2,1-3H3,(H2,20,21,22,27). The molecule has 27 heavy (non-hydrogen) atoms. The summed E-state index contributed by atoms with van der Waals surface area (Å²) in [7, 11) is 3.01. The fourth-order valence-corrected chi connectivity index (χ4v) is 2.43. The van der Waals surface area contributed by atoms with Crippen LogP contribution in [0.2, 0.25) is 0 Å². The highest BCUT2D eigenvalue weighted by molar-refractivity contribution is 7.80. The molecule has 0 aliphatic heterocycles. The van der Waals surface area contributed by atoms with Gasteiger partial charge in [0.05, 0.1) is 26.4 Å². The molecule has 7 nitrogen and oxygen atoms in total. The van der Waals surface area contributed by atoms with E-state index < -0.39 is 11.9 Å². The maximum absolute atomic E-state index is 12.3. The highest BCUT2D eigenvalue weighted by Gasteiger charge is 2.12. The molecule has 0 heterocycles. The summed E-state index contributed by atoms with van der Waals surface area (Å²) >= 11 is 5.16. The molecule has 0 unspecified atom stereocenters. The molecule has 2 aromatic carbocycles. The molecule has 2 N–H and O–H groups in total. The maximum atomic E-state index is 12.3. The molecule has 8 heteroatoms. The van der Waals surface area contributed by atoms with E-state index in [4.69, 9.17) is 26.4 Å². The first-order valence-electron chi connectivity index (χ1n) is 8.10. The molecular weight excluding hydrogens is 368 g/mol. The first kappa shape index (κ1) is 20.2. The first-order chi connectivity index (χ1) is 13.0. The van der Waals surface area contributed by atoms with E-state index in [9.17, 15) is 9.59 Å². The number of rotatable bonds is 6. The predicted molar refractivity (Wildman–Crippen MR) is 106 cm³/mol. The van der Waals surface area contributed by atoms with Gasteiger partial charge in [-0.2, -0.15) is 0 Å². The predicted octanol–water partition coefficient (Wildman–Crippen LogP) is 3.01. The van der Waals surface area contributed by atoms with Crippen molar-refractivity contribution in [3.63, 3.8) is 0 Å². The number of amides is 1. The molecule has 142 valence electrons. The summed E-state index contributed by atoms with van der Waals surface area (Å²) in [5, 5.41) is 5.59. The lowest BCUT2D eigenvalue weighted by Crippen LogP contribution is -2.34. The number of carbonyl (C=O) groups is 2. The Labute approximate surface area is 162 Å². The summed E-state index contributed by atoms with van der Waals surface area (Å²) in [6, 6.07) is 11.4. The summed E-state index contributed by atoms with van der Waals surface area (Å²) in [5.74, 6) is 0.181. The molecule has 0 saturated heterocycles. The van der Waals surface area contributed by atoms with Crippen LogP contribution in [0.25, 0.3) is 0 Å². The Morgan fingerprint density at radius 1 is 0.963 bits per heavy atom. The second-order valence-electron chi connectivity index (χ2n) is 5.28. The van der Waals surface area contributed by atoms with Crippen molar-refractivity contribution in [2.75, 3.05) is 26.1 Å². The van der Waals surface area contributed by atoms with Crippen LogP contribution in [0.5, 0.6) is 11.5 Å².